The van der Waals surface area contributed by atoms with Gasteiger partial charge in [0.25, 0.3) is 0 Å². The zero-order chi connectivity index (χ0) is 20.4. The highest BCUT2D eigenvalue weighted by molar-refractivity contribution is 7.99. The van der Waals surface area contributed by atoms with Crippen molar-refractivity contribution in [2.24, 2.45) is 0 Å². The van der Waals surface area contributed by atoms with Crippen LogP contribution in [-0.4, -0.2) is 31.7 Å². The lowest BCUT2D eigenvalue weighted by Gasteiger charge is -2.13. The monoisotopic (exact) mass is 426 g/mol. The maximum absolute atomic E-state index is 12.6. The Bertz CT molecular complexity index is 1180. The second-order valence-corrected chi connectivity index (χ2v) is 9.09. The molecule has 0 aliphatic heterocycles. The summed E-state index contributed by atoms with van der Waals surface area (Å²) in [7, 11) is 1.65. The minimum Gasteiger partial charge on any atom is -0.497 e. The molecule has 2 heterocycles. The van der Waals surface area contributed by atoms with Crippen molar-refractivity contribution in [1.82, 2.24) is 19.3 Å². The number of methoxy groups -OCH3 is 1. The number of hydrogen-bond acceptors (Lipinski definition) is 6. The molecular weight excluding hydrogens is 404 g/mol. The van der Waals surface area contributed by atoms with E-state index in [4.69, 9.17) is 4.74 Å². The number of rotatable bonds is 7. The van der Waals surface area contributed by atoms with Gasteiger partial charge in [0.1, 0.15) is 5.75 Å². The molecule has 0 saturated heterocycles. The molecule has 0 radical (unpaired) electrons. The lowest BCUT2D eigenvalue weighted by atomic mass is 10.3. The topological polar surface area (TPSA) is 61.9 Å². The predicted molar refractivity (Wildman–Crippen MR) is 119 cm³/mol. The van der Waals surface area contributed by atoms with Gasteiger partial charge in [-0.25, -0.2) is 0 Å². The Hall–Kier alpha value is -2.58. The third-order valence-corrected chi connectivity index (χ3v) is 6.96. The third-order valence-electron chi connectivity index (χ3n) is 4.79. The van der Waals surface area contributed by atoms with Gasteiger partial charge in [-0.3, -0.25) is 13.9 Å². The first kappa shape index (κ1) is 19.7. The molecule has 0 aliphatic carbocycles. The Morgan fingerprint density at radius 1 is 1.14 bits per heavy atom. The Labute approximate surface area is 177 Å². The van der Waals surface area contributed by atoms with E-state index in [9.17, 15) is 4.79 Å². The van der Waals surface area contributed by atoms with E-state index in [1.54, 1.807) is 23.4 Å². The van der Waals surface area contributed by atoms with Gasteiger partial charge in [0.05, 0.1) is 23.9 Å². The van der Waals surface area contributed by atoms with E-state index in [2.05, 4.69) is 24.0 Å². The number of para-hydroxylation sites is 1. The highest BCUT2D eigenvalue weighted by Crippen LogP contribution is 2.28. The average Bonchev–Trinajstić information content (AvgIpc) is 3.28. The molecule has 150 valence electrons. The third kappa shape index (κ3) is 3.95. The van der Waals surface area contributed by atoms with Crippen molar-refractivity contribution in [3.8, 4) is 11.4 Å². The fraction of sp³-hybridized carbons (Fsp3) is 0.286. The van der Waals surface area contributed by atoms with E-state index in [1.165, 1.54) is 11.3 Å². The van der Waals surface area contributed by atoms with Crippen LogP contribution in [-0.2, 0) is 6.54 Å². The van der Waals surface area contributed by atoms with Crippen molar-refractivity contribution >= 4 is 33.3 Å². The highest BCUT2D eigenvalue weighted by Gasteiger charge is 2.19. The van der Waals surface area contributed by atoms with Crippen LogP contribution in [0, 0.1) is 0 Å². The molecule has 8 heteroatoms. The molecule has 0 fully saturated rings. The number of fused-ring (bicyclic) bond motifs is 1. The summed E-state index contributed by atoms with van der Waals surface area (Å²) in [5, 5.41) is 10.1. The van der Waals surface area contributed by atoms with Crippen LogP contribution in [0.1, 0.15) is 26.1 Å². The summed E-state index contributed by atoms with van der Waals surface area (Å²) in [6, 6.07) is 15.6. The molecule has 29 heavy (non-hydrogen) atoms. The second kappa shape index (κ2) is 8.42. The van der Waals surface area contributed by atoms with Crippen LogP contribution in [0.25, 0.3) is 15.9 Å². The Morgan fingerprint density at radius 3 is 2.62 bits per heavy atom. The van der Waals surface area contributed by atoms with Gasteiger partial charge in [0, 0.05) is 10.9 Å². The molecule has 0 spiro atoms. The van der Waals surface area contributed by atoms with Crippen molar-refractivity contribution in [1.29, 1.82) is 0 Å². The summed E-state index contributed by atoms with van der Waals surface area (Å²) < 4.78 is 10.1. The van der Waals surface area contributed by atoms with E-state index < -0.39 is 0 Å². The maximum Gasteiger partial charge on any atom is 0.308 e. The molecule has 6 nitrogen and oxygen atoms in total. The van der Waals surface area contributed by atoms with Crippen LogP contribution < -0.4 is 9.61 Å². The Morgan fingerprint density at radius 2 is 1.90 bits per heavy atom. The van der Waals surface area contributed by atoms with Gasteiger partial charge in [-0.1, -0.05) is 49.1 Å². The molecular formula is C21H22N4O2S2. The van der Waals surface area contributed by atoms with Crippen LogP contribution in [0.3, 0.4) is 0 Å². The number of hydrogen-bond donors (Lipinski definition) is 0. The first-order chi connectivity index (χ1) is 14.1. The zero-order valence-electron chi connectivity index (χ0n) is 16.5. The van der Waals surface area contributed by atoms with Crippen LogP contribution in [0.4, 0.5) is 0 Å². The fourth-order valence-corrected chi connectivity index (χ4v) is 4.86. The largest absolute Gasteiger partial charge is 0.497 e. The van der Waals surface area contributed by atoms with Gasteiger partial charge in [-0.2, -0.15) is 0 Å². The molecule has 0 amide bonds. The summed E-state index contributed by atoms with van der Waals surface area (Å²) in [4.78, 5) is 12.6. The molecule has 2 aromatic heterocycles. The lowest BCUT2D eigenvalue weighted by Crippen LogP contribution is -2.17. The maximum atomic E-state index is 12.6. The first-order valence-corrected chi connectivity index (χ1v) is 11.1. The van der Waals surface area contributed by atoms with Crippen LogP contribution in [0.5, 0.6) is 5.75 Å². The number of aromatic nitrogens is 4. The van der Waals surface area contributed by atoms with Crippen molar-refractivity contribution < 1.29 is 4.74 Å². The number of ether oxygens (including phenoxy) is 1. The van der Waals surface area contributed by atoms with Crippen LogP contribution in [0.2, 0.25) is 0 Å². The number of benzene rings is 2. The van der Waals surface area contributed by atoms with Crippen LogP contribution >= 0.6 is 23.1 Å². The Balaban J connectivity index is 1.80. The molecule has 1 unspecified atom stereocenters. The molecule has 4 aromatic rings. The SMILES string of the molecule is CCC(C)Sc1nnc(Cn2c(=O)sc3ccccc32)n1-c1ccc(OC)cc1. The standard InChI is InChI=1S/C21H22N4O2S2/c1-4-14(2)28-20-23-22-19(25(20)15-9-11-16(27-3)12-10-15)13-24-17-7-5-6-8-18(17)29-21(24)26/h5-12,14H,4,13H2,1-3H3. The molecule has 0 saturated carbocycles. The number of thiazole rings is 1. The van der Waals surface area contributed by atoms with Gasteiger partial charge in [0.2, 0.25) is 0 Å². The van der Waals surface area contributed by atoms with Crippen LogP contribution in [0.15, 0.2) is 58.5 Å². The van der Waals surface area contributed by atoms with Crippen molar-refractivity contribution in [2.75, 3.05) is 7.11 Å². The van der Waals surface area contributed by atoms with Gasteiger partial charge < -0.3 is 4.74 Å². The predicted octanol–water partition coefficient (Wildman–Crippen LogP) is 4.59. The molecule has 4 rings (SSSR count). The van der Waals surface area contributed by atoms with Crippen molar-refractivity contribution in [2.45, 2.75) is 37.2 Å². The molecule has 0 bridgehead atoms. The van der Waals surface area contributed by atoms with Gasteiger partial charge >= 0.3 is 4.87 Å². The van der Waals surface area contributed by atoms with Gasteiger partial charge in [-0.15, -0.1) is 10.2 Å². The summed E-state index contributed by atoms with van der Waals surface area (Å²) in [6.45, 7) is 4.70. The van der Waals surface area contributed by atoms with E-state index in [-0.39, 0.29) is 4.87 Å². The smallest absolute Gasteiger partial charge is 0.308 e. The fourth-order valence-electron chi connectivity index (χ4n) is 3.04. The molecule has 0 N–H and O–H groups in total. The summed E-state index contributed by atoms with van der Waals surface area (Å²) in [6.07, 6.45) is 1.03. The van der Waals surface area contributed by atoms with Crippen molar-refractivity contribution in [3.63, 3.8) is 0 Å². The lowest BCUT2D eigenvalue weighted by molar-refractivity contribution is 0.414. The van der Waals surface area contributed by atoms with E-state index in [0.29, 0.717) is 11.8 Å². The summed E-state index contributed by atoms with van der Waals surface area (Å²) in [5.41, 5.74) is 1.87. The summed E-state index contributed by atoms with van der Waals surface area (Å²) in [5.74, 6) is 1.52. The van der Waals surface area contributed by atoms with Crippen molar-refractivity contribution in [3.05, 3.63) is 64.0 Å². The Kier molecular flexibility index (Phi) is 5.73. The minimum atomic E-state index is 0.00612. The van der Waals surface area contributed by atoms with Gasteiger partial charge in [-0.05, 0) is 42.8 Å². The quantitative estimate of drug-likeness (QED) is 0.405. The highest BCUT2D eigenvalue weighted by atomic mass is 32.2. The van der Waals surface area contributed by atoms with E-state index >= 15 is 0 Å². The average molecular weight is 427 g/mol. The first-order valence-electron chi connectivity index (χ1n) is 9.44. The van der Waals surface area contributed by atoms with E-state index in [0.717, 1.165) is 39.1 Å². The number of nitrogens with zero attached hydrogens (tertiary/aromatic N) is 4. The molecule has 1 atom stereocenters. The molecule has 0 aliphatic rings. The van der Waals surface area contributed by atoms with E-state index in [1.807, 2.05) is 53.1 Å². The molecule has 2 aromatic carbocycles. The minimum absolute atomic E-state index is 0.00612. The number of thioether (sulfide) groups is 1. The second-order valence-electron chi connectivity index (χ2n) is 6.69. The normalized spacial score (nSPS) is 12.4. The summed E-state index contributed by atoms with van der Waals surface area (Å²) >= 11 is 2.94. The van der Waals surface area contributed by atoms with Gasteiger partial charge in [0.15, 0.2) is 11.0 Å². The zero-order valence-corrected chi connectivity index (χ0v) is 18.2.